The van der Waals surface area contributed by atoms with Crippen molar-refractivity contribution in [3.8, 4) is 0 Å². The summed E-state index contributed by atoms with van der Waals surface area (Å²) in [4.78, 5) is 0. The number of benzene rings is 1. The van der Waals surface area contributed by atoms with E-state index in [0.29, 0.717) is 0 Å². The van der Waals surface area contributed by atoms with E-state index in [1.54, 1.807) is 23.9 Å². The maximum Gasteiger partial charge on any atom is 0.252 e. The van der Waals surface area contributed by atoms with Gasteiger partial charge in [0.25, 0.3) is 5.62 Å². The Morgan fingerprint density at radius 2 is 1.71 bits per heavy atom. The molecule has 1 aromatic heterocycles. The van der Waals surface area contributed by atoms with Crippen LogP contribution < -0.4 is 5.62 Å². The molecule has 0 aliphatic carbocycles. The number of aromatic nitrogens is 2. The summed E-state index contributed by atoms with van der Waals surface area (Å²) in [6, 6.07) is 7.87. The molecule has 1 unspecified atom stereocenters. The second-order valence-corrected chi connectivity index (χ2v) is 5.83. The van der Waals surface area contributed by atoms with Crippen molar-refractivity contribution >= 4 is 29.6 Å². The highest BCUT2D eigenvalue weighted by Gasteiger charge is 2.24. The van der Waals surface area contributed by atoms with Crippen LogP contribution in [0.25, 0.3) is 0 Å². The van der Waals surface area contributed by atoms with Gasteiger partial charge in [-0.1, -0.05) is 17.2 Å². The molecule has 3 rings (SSSR count). The zero-order chi connectivity index (χ0) is 14.7. The molecule has 1 saturated heterocycles. The summed E-state index contributed by atoms with van der Waals surface area (Å²) in [5.41, 5.74) is 2.70. The largest absolute Gasteiger partial charge is 0.368 e. The van der Waals surface area contributed by atoms with E-state index in [1.165, 1.54) is 5.56 Å². The summed E-state index contributed by atoms with van der Waals surface area (Å²) >= 11 is 3.13. The number of nitrogens with zero attached hydrogens (tertiary/aromatic N) is 5. The minimum absolute atomic E-state index is 0.270. The number of rotatable bonds is 5. The van der Waals surface area contributed by atoms with Crippen LogP contribution in [0.5, 0.6) is 0 Å². The molecule has 0 N–H and O–H groups in total. The van der Waals surface area contributed by atoms with Crippen molar-refractivity contribution in [1.29, 1.82) is 0 Å². The summed E-state index contributed by atoms with van der Waals surface area (Å²) in [5, 5.41) is 12.3. The highest BCUT2D eigenvalue weighted by molar-refractivity contribution is 7.97. The van der Waals surface area contributed by atoms with Crippen LogP contribution in [0.15, 0.2) is 52.1 Å². The molecular weight excluding hydrogens is 306 g/mol. The van der Waals surface area contributed by atoms with E-state index in [0.717, 1.165) is 17.9 Å². The minimum atomic E-state index is 0.270. The van der Waals surface area contributed by atoms with Crippen molar-refractivity contribution in [2.45, 2.75) is 6.10 Å². The van der Waals surface area contributed by atoms with Gasteiger partial charge in [-0.15, -0.1) is 5.11 Å². The van der Waals surface area contributed by atoms with Crippen LogP contribution >= 0.6 is 23.9 Å². The Morgan fingerprint density at radius 1 is 1.10 bits per heavy atom. The van der Waals surface area contributed by atoms with Crippen LogP contribution in [0.3, 0.4) is 0 Å². The van der Waals surface area contributed by atoms with E-state index in [4.69, 9.17) is 4.74 Å². The molecule has 2 aromatic rings. The van der Waals surface area contributed by atoms with Gasteiger partial charge < -0.3 is 4.74 Å². The van der Waals surface area contributed by atoms with Crippen LogP contribution in [0, 0.1) is 0 Å². The molecule has 0 amide bonds. The molecule has 1 fully saturated rings. The SMILES string of the molecule is CSn1ccn(SC)c1=N/N=N/c1ccc(C2CO2)cc1. The van der Waals surface area contributed by atoms with E-state index >= 15 is 0 Å². The fourth-order valence-corrected chi connectivity index (χ4v) is 2.81. The fraction of sp³-hybridized carbons (Fsp3) is 0.308. The smallest absolute Gasteiger partial charge is 0.252 e. The average molecular weight is 321 g/mol. The Morgan fingerprint density at radius 3 is 2.24 bits per heavy atom. The second-order valence-electron chi connectivity index (χ2n) is 4.32. The van der Waals surface area contributed by atoms with Gasteiger partial charge in [0, 0.05) is 24.9 Å². The lowest BCUT2D eigenvalue weighted by Crippen LogP contribution is -2.18. The van der Waals surface area contributed by atoms with Crippen LogP contribution in [-0.4, -0.2) is 27.1 Å². The molecule has 8 heteroatoms. The van der Waals surface area contributed by atoms with Crippen LogP contribution in [0.2, 0.25) is 0 Å². The third-order valence-electron chi connectivity index (χ3n) is 3.02. The van der Waals surface area contributed by atoms with Crippen molar-refractivity contribution in [2.24, 2.45) is 15.4 Å². The van der Waals surface area contributed by atoms with Crippen molar-refractivity contribution < 1.29 is 4.74 Å². The van der Waals surface area contributed by atoms with E-state index in [1.807, 2.05) is 57.1 Å². The molecule has 21 heavy (non-hydrogen) atoms. The lowest BCUT2D eigenvalue weighted by atomic mass is 10.1. The molecule has 6 nitrogen and oxygen atoms in total. The maximum atomic E-state index is 5.23. The Labute approximate surface area is 131 Å². The van der Waals surface area contributed by atoms with Crippen molar-refractivity contribution in [2.75, 3.05) is 19.1 Å². The molecule has 1 aliphatic heterocycles. The zero-order valence-corrected chi connectivity index (χ0v) is 13.3. The quantitative estimate of drug-likeness (QED) is 0.483. The normalized spacial score (nSPS) is 17.3. The molecule has 1 aromatic carbocycles. The first-order valence-corrected chi connectivity index (χ1v) is 8.73. The van der Waals surface area contributed by atoms with Crippen LogP contribution in [0.1, 0.15) is 11.7 Å². The molecule has 1 atom stereocenters. The van der Waals surface area contributed by atoms with Gasteiger partial charge in [-0.25, -0.2) is 0 Å². The van der Waals surface area contributed by atoms with Crippen LogP contribution in [-0.2, 0) is 4.74 Å². The molecule has 110 valence electrons. The Bertz CT molecular complexity index is 676. The molecule has 1 aliphatic rings. The number of imidazole rings is 1. The van der Waals surface area contributed by atoms with Gasteiger partial charge >= 0.3 is 0 Å². The molecule has 2 heterocycles. The lowest BCUT2D eigenvalue weighted by Gasteiger charge is -1.97. The van der Waals surface area contributed by atoms with E-state index < -0.39 is 0 Å². The predicted octanol–water partition coefficient (Wildman–Crippen LogP) is 3.21. The number of epoxide rings is 1. The van der Waals surface area contributed by atoms with Crippen molar-refractivity contribution in [1.82, 2.24) is 7.94 Å². The van der Waals surface area contributed by atoms with Crippen molar-refractivity contribution in [3.05, 3.63) is 47.8 Å². The van der Waals surface area contributed by atoms with Gasteiger partial charge in [0.1, 0.15) is 6.10 Å². The summed E-state index contributed by atoms with van der Waals surface area (Å²) in [7, 11) is 0. The summed E-state index contributed by atoms with van der Waals surface area (Å²) < 4.78 is 9.10. The topological polar surface area (TPSA) is 59.5 Å². The minimum Gasteiger partial charge on any atom is -0.368 e. The van der Waals surface area contributed by atoms with E-state index in [2.05, 4.69) is 15.4 Å². The molecule has 0 spiro atoms. The summed E-state index contributed by atoms with van der Waals surface area (Å²) in [6.45, 7) is 0.816. The lowest BCUT2D eigenvalue weighted by molar-refractivity contribution is 0.415. The zero-order valence-electron chi connectivity index (χ0n) is 11.7. The van der Waals surface area contributed by atoms with E-state index in [-0.39, 0.29) is 6.10 Å². The standard InChI is InChI=1S/C13H15N5OS2/c1-20-17-7-8-18(21-2)13(17)15-16-14-11-5-3-10(4-6-11)12-9-19-12/h3-8,12H,9H2,1-2H3/b16-14+. The van der Waals surface area contributed by atoms with Gasteiger partial charge in [-0.05, 0) is 46.8 Å². The summed E-state index contributed by atoms with van der Waals surface area (Å²) in [6.07, 6.45) is 8.13. The summed E-state index contributed by atoms with van der Waals surface area (Å²) in [5.74, 6) is 0. The number of hydrogen-bond acceptors (Lipinski definition) is 5. The fourth-order valence-electron chi connectivity index (χ4n) is 1.83. The third-order valence-corrected chi connectivity index (χ3v) is 4.37. The van der Waals surface area contributed by atoms with Gasteiger partial charge in [0.05, 0.1) is 12.3 Å². The average Bonchev–Trinajstić information content (AvgIpc) is 3.29. The third kappa shape index (κ3) is 3.39. The number of ether oxygens (including phenoxy) is 1. The molecule has 0 radical (unpaired) electrons. The van der Waals surface area contributed by atoms with Gasteiger partial charge in [-0.3, -0.25) is 7.94 Å². The van der Waals surface area contributed by atoms with Crippen molar-refractivity contribution in [3.63, 3.8) is 0 Å². The van der Waals surface area contributed by atoms with Gasteiger partial charge in [0.15, 0.2) is 0 Å². The first-order valence-electron chi connectivity index (χ1n) is 6.37. The Balaban J connectivity index is 1.79. The highest BCUT2D eigenvalue weighted by Crippen LogP contribution is 2.30. The van der Waals surface area contributed by atoms with Gasteiger partial charge in [-0.2, -0.15) is 0 Å². The van der Waals surface area contributed by atoms with E-state index in [9.17, 15) is 0 Å². The van der Waals surface area contributed by atoms with Gasteiger partial charge in [0.2, 0.25) is 0 Å². The second kappa shape index (κ2) is 6.50. The molecule has 0 bridgehead atoms. The predicted molar refractivity (Wildman–Crippen MR) is 85.5 cm³/mol. The molecule has 0 saturated carbocycles. The monoisotopic (exact) mass is 321 g/mol. The Kier molecular flexibility index (Phi) is 4.47. The number of hydrogen-bond donors (Lipinski definition) is 0. The first kappa shape index (κ1) is 14.4. The molecular formula is C13H15N5OS2. The van der Waals surface area contributed by atoms with Crippen LogP contribution in [0.4, 0.5) is 5.69 Å². The Hall–Kier alpha value is -1.51. The first-order chi connectivity index (χ1) is 10.3. The highest BCUT2D eigenvalue weighted by atomic mass is 32.2. The maximum absolute atomic E-state index is 5.23.